The van der Waals surface area contributed by atoms with Crippen LogP contribution in [0.15, 0.2) is 47.6 Å². The highest BCUT2D eigenvalue weighted by molar-refractivity contribution is 7.89. The van der Waals surface area contributed by atoms with Crippen LogP contribution in [-0.4, -0.2) is 74.0 Å². The van der Waals surface area contributed by atoms with Gasteiger partial charge in [-0.15, -0.1) is 0 Å². The first kappa shape index (κ1) is 22.6. The molecular formula is C19H23N5O6S. The molecule has 2 heterocycles. The van der Waals surface area contributed by atoms with Crippen molar-refractivity contribution in [1.29, 1.82) is 0 Å². The number of anilines is 2. The summed E-state index contributed by atoms with van der Waals surface area (Å²) in [7, 11) is -3.60. The van der Waals surface area contributed by atoms with Gasteiger partial charge in [0.2, 0.25) is 16.0 Å². The van der Waals surface area contributed by atoms with Crippen molar-refractivity contribution in [3.8, 4) is 0 Å². The summed E-state index contributed by atoms with van der Waals surface area (Å²) in [6.07, 6.45) is 3.19. The van der Waals surface area contributed by atoms with Crippen molar-refractivity contribution in [2.24, 2.45) is 0 Å². The number of nitrogens with one attached hydrogen (secondary N) is 2. The predicted molar refractivity (Wildman–Crippen MR) is 111 cm³/mol. The lowest BCUT2D eigenvalue weighted by atomic mass is 10.3. The van der Waals surface area contributed by atoms with Crippen LogP contribution in [0.5, 0.6) is 0 Å². The van der Waals surface area contributed by atoms with E-state index in [9.17, 15) is 18.0 Å². The topological polar surface area (TPSA) is 140 Å². The SMILES string of the molecule is O=C(COC(=O)CCNc1ncccn1)Nc1ccc(S(=O)(=O)N2CCOCC2)cc1. The molecule has 0 saturated carbocycles. The lowest BCUT2D eigenvalue weighted by Gasteiger charge is -2.26. The Morgan fingerprint density at radius 1 is 1.10 bits per heavy atom. The summed E-state index contributed by atoms with van der Waals surface area (Å²) in [6, 6.07) is 7.48. The lowest BCUT2D eigenvalue weighted by molar-refractivity contribution is -0.147. The molecule has 0 bridgehead atoms. The van der Waals surface area contributed by atoms with Gasteiger partial charge < -0.3 is 20.1 Å². The van der Waals surface area contributed by atoms with Crippen LogP contribution >= 0.6 is 0 Å². The van der Waals surface area contributed by atoms with E-state index in [4.69, 9.17) is 9.47 Å². The number of rotatable bonds is 9. The number of carbonyl (C=O) groups excluding carboxylic acids is 2. The van der Waals surface area contributed by atoms with E-state index in [0.29, 0.717) is 37.9 Å². The van der Waals surface area contributed by atoms with Crippen molar-refractivity contribution in [3.05, 3.63) is 42.7 Å². The molecule has 1 aromatic carbocycles. The second kappa shape index (κ2) is 10.8. The van der Waals surface area contributed by atoms with Crippen LogP contribution in [0, 0.1) is 0 Å². The van der Waals surface area contributed by atoms with E-state index in [2.05, 4.69) is 20.6 Å². The zero-order chi connectivity index (χ0) is 22.1. The second-order valence-corrected chi connectivity index (χ2v) is 8.44. The van der Waals surface area contributed by atoms with Gasteiger partial charge in [0.15, 0.2) is 6.61 Å². The normalized spacial score (nSPS) is 14.6. The molecule has 0 unspecified atom stereocenters. The summed E-state index contributed by atoms with van der Waals surface area (Å²) in [5, 5.41) is 5.42. The molecule has 31 heavy (non-hydrogen) atoms. The zero-order valence-electron chi connectivity index (χ0n) is 16.7. The molecule has 0 aliphatic carbocycles. The Labute approximate surface area is 179 Å². The maximum absolute atomic E-state index is 12.6. The number of hydrogen-bond acceptors (Lipinski definition) is 9. The van der Waals surface area contributed by atoms with Crippen LogP contribution in [0.25, 0.3) is 0 Å². The van der Waals surface area contributed by atoms with E-state index in [1.54, 1.807) is 18.5 Å². The number of hydrogen-bond donors (Lipinski definition) is 2. The molecule has 1 aromatic heterocycles. The molecule has 2 N–H and O–H groups in total. The lowest BCUT2D eigenvalue weighted by Crippen LogP contribution is -2.40. The first-order valence-electron chi connectivity index (χ1n) is 9.59. The molecule has 2 aromatic rings. The minimum Gasteiger partial charge on any atom is -0.456 e. The van der Waals surface area contributed by atoms with Crippen molar-refractivity contribution in [1.82, 2.24) is 14.3 Å². The largest absolute Gasteiger partial charge is 0.456 e. The van der Waals surface area contributed by atoms with Crippen LogP contribution in [0.3, 0.4) is 0 Å². The molecule has 1 fully saturated rings. The van der Waals surface area contributed by atoms with Gasteiger partial charge in [0, 0.05) is 37.7 Å². The summed E-state index contributed by atoms with van der Waals surface area (Å²) in [4.78, 5) is 31.8. The van der Waals surface area contributed by atoms with Gasteiger partial charge >= 0.3 is 5.97 Å². The summed E-state index contributed by atoms with van der Waals surface area (Å²) in [6.45, 7) is 1.16. The van der Waals surface area contributed by atoms with Gasteiger partial charge in [-0.1, -0.05) is 0 Å². The summed E-state index contributed by atoms with van der Waals surface area (Å²) in [5.41, 5.74) is 0.393. The van der Waals surface area contributed by atoms with Crippen LogP contribution in [0.2, 0.25) is 0 Å². The number of carbonyl (C=O) groups is 2. The Bertz CT molecular complexity index is 979. The number of nitrogens with zero attached hydrogens (tertiary/aromatic N) is 3. The molecule has 0 spiro atoms. The fraction of sp³-hybridized carbons (Fsp3) is 0.368. The highest BCUT2D eigenvalue weighted by Crippen LogP contribution is 2.19. The fourth-order valence-corrected chi connectivity index (χ4v) is 4.14. The van der Waals surface area contributed by atoms with Gasteiger partial charge in [0.1, 0.15) is 0 Å². The Kier molecular flexibility index (Phi) is 7.87. The predicted octanol–water partition coefficient (Wildman–Crippen LogP) is 0.481. The van der Waals surface area contributed by atoms with E-state index in [0.717, 1.165) is 0 Å². The minimum atomic E-state index is -3.60. The molecule has 11 nitrogen and oxygen atoms in total. The minimum absolute atomic E-state index is 0.0413. The van der Waals surface area contributed by atoms with Crippen molar-refractivity contribution < 1.29 is 27.5 Å². The van der Waals surface area contributed by atoms with E-state index in [1.165, 1.54) is 28.6 Å². The van der Waals surface area contributed by atoms with E-state index < -0.39 is 28.5 Å². The van der Waals surface area contributed by atoms with Crippen LogP contribution in [0.4, 0.5) is 11.6 Å². The molecule has 3 rings (SSSR count). The second-order valence-electron chi connectivity index (χ2n) is 6.50. The highest BCUT2D eigenvalue weighted by Gasteiger charge is 2.26. The molecule has 1 amide bonds. The van der Waals surface area contributed by atoms with Crippen LogP contribution < -0.4 is 10.6 Å². The summed E-state index contributed by atoms with van der Waals surface area (Å²) >= 11 is 0. The Hall–Kier alpha value is -3.09. The molecule has 0 atom stereocenters. The number of amides is 1. The number of ether oxygens (including phenoxy) is 2. The average Bonchev–Trinajstić information content (AvgIpc) is 2.79. The van der Waals surface area contributed by atoms with Gasteiger partial charge in [-0.3, -0.25) is 9.59 Å². The first-order chi connectivity index (χ1) is 14.9. The Balaban J connectivity index is 1.41. The van der Waals surface area contributed by atoms with E-state index >= 15 is 0 Å². The van der Waals surface area contributed by atoms with Gasteiger partial charge in [-0.05, 0) is 30.3 Å². The van der Waals surface area contributed by atoms with Crippen LogP contribution in [-0.2, 0) is 29.1 Å². The fourth-order valence-electron chi connectivity index (χ4n) is 2.73. The smallest absolute Gasteiger partial charge is 0.308 e. The number of benzene rings is 1. The molecule has 1 saturated heterocycles. The highest BCUT2D eigenvalue weighted by atomic mass is 32.2. The van der Waals surface area contributed by atoms with Crippen LogP contribution in [0.1, 0.15) is 6.42 Å². The molecule has 12 heteroatoms. The van der Waals surface area contributed by atoms with Crippen molar-refractivity contribution in [2.45, 2.75) is 11.3 Å². The number of esters is 1. The number of sulfonamides is 1. The third-order valence-electron chi connectivity index (χ3n) is 4.29. The monoisotopic (exact) mass is 449 g/mol. The van der Waals surface area contributed by atoms with Gasteiger partial charge in [-0.2, -0.15) is 4.31 Å². The third kappa shape index (κ3) is 6.70. The van der Waals surface area contributed by atoms with Gasteiger partial charge in [0.05, 0.1) is 24.5 Å². The maximum Gasteiger partial charge on any atom is 0.308 e. The van der Waals surface area contributed by atoms with Crippen molar-refractivity contribution >= 4 is 33.5 Å². The number of morpholine rings is 1. The van der Waals surface area contributed by atoms with Gasteiger partial charge in [-0.25, -0.2) is 18.4 Å². The average molecular weight is 449 g/mol. The zero-order valence-corrected chi connectivity index (χ0v) is 17.5. The van der Waals surface area contributed by atoms with Crippen molar-refractivity contribution in [3.63, 3.8) is 0 Å². The Morgan fingerprint density at radius 3 is 2.45 bits per heavy atom. The molecule has 1 aliphatic rings. The van der Waals surface area contributed by atoms with E-state index in [-0.39, 0.29) is 17.9 Å². The van der Waals surface area contributed by atoms with E-state index in [1.807, 2.05) is 0 Å². The maximum atomic E-state index is 12.6. The first-order valence-corrected chi connectivity index (χ1v) is 11.0. The summed E-state index contributed by atoms with van der Waals surface area (Å²) in [5.74, 6) is -0.686. The molecular weight excluding hydrogens is 426 g/mol. The molecule has 0 radical (unpaired) electrons. The molecule has 1 aliphatic heterocycles. The third-order valence-corrected chi connectivity index (χ3v) is 6.20. The quantitative estimate of drug-likeness (QED) is 0.523. The van der Waals surface area contributed by atoms with Gasteiger partial charge in [0.25, 0.3) is 5.91 Å². The number of aromatic nitrogens is 2. The summed E-state index contributed by atoms with van der Waals surface area (Å²) < 4.78 is 36.6. The Morgan fingerprint density at radius 2 is 1.77 bits per heavy atom. The standard InChI is InChI=1S/C19H23N5O6S/c25-17(14-30-18(26)6-9-22-19-20-7-1-8-21-19)23-15-2-4-16(5-3-15)31(27,28)24-10-12-29-13-11-24/h1-5,7-8H,6,9-14H2,(H,23,25)(H,20,21,22). The van der Waals surface area contributed by atoms with Crippen molar-refractivity contribution in [2.75, 3.05) is 50.1 Å². The molecule has 166 valence electrons.